The third-order valence-corrected chi connectivity index (χ3v) is 4.91. The summed E-state index contributed by atoms with van der Waals surface area (Å²) in [6.07, 6.45) is 4.44. The molecule has 0 fully saturated rings. The van der Waals surface area contributed by atoms with Crippen LogP contribution in [0, 0.1) is 0 Å². The first kappa shape index (κ1) is 14.4. The largest absolute Gasteiger partial charge is 0.275 e. The van der Waals surface area contributed by atoms with Gasteiger partial charge in [0.25, 0.3) is 0 Å². The molecule has 1 atom stereocenters. The molecule has 7 nitrogen and oxygen atoms in total. The van der Waals surface area contributed by atoms with E-state index in [-0.39, 0.29) is 6.04 Å². The zero-order valence-corrected chi connectivity index (χ0v) is 14.2. The number of azo groups is 1. The summed E-state index contributed by atoms with van der Waals surface area (Å²) < 4.78 is 1.77. The van der Waals surface area contributed by atoms with Crippen molar-refractivity contribution in [3.63, 3.8) is 0 Å². The van der Waals surface area contributed by atoms with E-state index < -0.39 is 0 Å². The summed E-state index contributed by atoms with van der Waals surface area (Å²) in [6.45, 7) is 0. The second kappa shape index (κ2) is 5.52. The molecular formula is C17H13N7S. The molecule has 0 bridgehead atoms. The molecule has 122 valence electrons. The fourth-order valence-electron chi connectivity index (χ4n) is 2.94. The molecule has 0 N–H and O–H groups in total. The summed E-state index contributed by atoms with van der Waals surface area (Å²) in [6, 6.07) is 7.82. The predicted molar refractivity (Wildman–Crippen MR) is 94.8 cm³/mol. The maximum atomic E-state index is 4.79. The minimum absolute atomic E-state index is 0.107. The maximum absolute atomic E-state index is 4.79. The molecule has 25 heavy (non-hydrogen) atoms. The minimum Gasteiger partial charge on any atom is -0.275 e. The molecule has 5 heterocycles. The Balaban J connectivity index is 1.48. The number of aromatic nitrogens is 5. The van der Waals surface area contributed by atoms with Crippen molar-refractivity contribution < 1.29 is 0 Å². The summed E-state index contributed by atoms with van der Waals surface area (Å²) in [5, 5.41) is 12.9. The van der Waals surface area contributed by atoms with Gasteiger partial charge in [-0.3, -0.25) is 4.68 Å². The number of thiazole rings is 1. The molecule has 1 unspecified atom stereocenters. The van der Waals surface area contributed by atoms with Crippen LogP contribution in [0.15, 0.2) is 52.4 Å². The van der Waals surface area contributed by atoms with Crippen molar-refractivity contribution in [2.24, 2.45) is 17.3 Å². The van der Waals surface area contributed by atoms with Gasteiger partial charge in [-0.2, -0.15) is 15.3 Å². The highest BCUT2D eigenvalue weighted by atomic mass is 32.1. The molecule has 0 saturated carbocycles. The number of rotatable bonds is 3. The Bertz CT molecular complexity index is 1110. The number of pyridine rings is 2. The summed E-state index contributed by atoms with van der Waals surface area (Å²) in [7, 11) is 1.89. The molecule has 1 aliphatic rings. The third-order valence-electron chi connectivity index (χ3n) is 4.18. The SMILES string of the molecule is Cn1cc(-c2ccc3c(n2)C(Cc2ccc4ncsc4n2)N=N3)cn1. The smallest absolute Gasteiger partial charge is 0.143 e. The average molecular weight is 347 g/mol. The molecule has 0 spiro atoms. The van der Waals surface area contributed by atoms with Gasteiger partial charge in [0, 0.05) is 30.9 Å². The number of hydrogen-bond acceptors (Lipinski definition) is 7. The average Bonchev–Trinajstić information content (AvgIpc) is 3.34. The van der Waals surface area contributed by atoms with Gasteiger partial charge in [0.05, 0.1) is 28.6 Å². The Morgan fingerprint density at radius 2 is 2.12 bits per heavy atom. The van der Waals surface area contributed by atoms with Crippen molar-refractivity contribution in [3.05, 3.63) is 53.6 Å². The quantitative estimate of drug-likeness (QED) is 0.563. The van der Waals surface area contributed by atoms with Gasteiger partial charge in [0.1, 0.15) is 16.6 Å². The zero-order valence-electron chi connectivity index (χ0n) is 13.4. The van der Waals surface area contributed by atoms with E-state index in [4.69, 9.17) is 4.98 Å². The van der Waals surface area contributed by atoms with E-state index in [1.807, 2.05) is 49.2 Å². The first-order chi connectivity index (χ1) is 12.3. The molecule has 0 amide bonds. The van der Waals surface area contributed by atoms with E-state index in [2.05, 4.69) is 25.3 Å². The highest BCUT2D eigenvalue weighted by Crippen LogP contribution is 2.37. The fourth-order valence-corrected chi connectivity index (χ4v) is 3.61. The Hall–Kier alpha value is -3.00. The van der Waals surface area contributed by atoms with E-state index in [1.54, 1.807) is 16.0 Å². The first-order valence-electron chi connectivity index (χ1n) is 7.86. The molecule has 5 rings (SSSR count). The van der Waals surface area contributed by atoms with Crippen LogP contribution in [0.25, 0.3) is 21.6 Å². The second-order valence-corrected chi connectivity index (χ2v) is 6.75. The number of fused-ring (bicyclic) bond motifs is 2. The standard InChI is InChI=1S/C17H13N7S/c1-24-8-10(7-19-24)12-4-5-13-16(21-12)15(23-22-13)6-11-2-3-14-17(20-11)25-9-18-14/h2-5,7-9,15H,6H2,1H3. The second-order valence-electron chi connectivity index (χ2n) is 5.92. The molecule has 4 aromatic heterocycles. The predicted octanol–water partition coefficient (Wildman–Crippen LogP) is 3.87. The van der Waals surface area contributed by atoms with Gasteiger partial charge >= 0.3 is 0 Å². The van der Waals surface area contributed by atoms with Crippen molar-refractivity contribution >= 4 is 27.4 Å². The molecule has 0 radical (unpaired) electrons. The van der Waals surface area contributed by atoms with Gasteiger partial charge in [-0.25, -0.2) is 15.0 Å². The van der Waals surface area contributed by atoms with Crippen LogP contribution in [-0.2, 0) is 13.5 Å². The highest BCUT2D eigenvalue weighted by molar-refractivity contribution is 7.16. The maximum Gasteiger partial charge on any atom is 0.143 e. The lowest BCUT2D eigenvalue weighted by molar-refractivity contribution is 0.689. The summed E-state index contributed by atoms with van der Waals surface area (Å²) in [5.74, 6) is 0. The molecule has 8 heteroatoms. The van der Waals surface area contributed by atoms with E-state index in [1.165, 1.54) is 0 Å². The van der Waals surface area contributed by atoms with E-state index in [0.717, 1.165) is 38.7 Å². The molecular weight excluding hydrogens is 334 g/mol. The summed E-state index contributed by atoms with van der Waals surface area (Å²) in [4.78, 5) is 14.7. The van der Waals surface area contributed by atoms with Crippen molar-refractivity contribution in [2.45, 2.75) is 12.5 Å². The lowest BCUT2D eigenvalue weighted by atomic mass is 10.1. The van der Waals surface area contributed by atoms with E-state index in [0.29, 0.717) is 6.42 Å². The topological polar surface area (TPSA) is 81.2 Å². The lowest BCUT2D eigenvalue weighted by Gasteiger charge is -2.08. The van der Waals surface area contributed by atoms with Crippen molar-refractivity contribution in [1.29, 1.82) is 0 Å². The van der Waals surface area contributed by atoms with Crippen LogP contribution in [0.1, 0.15) is 17.4 Å². The lowest BCUT2D eigenvalue weighted by Crippen LogP contribution is -2.02. The summed E-state index contributed by atoms with van der Waals surface area (Å²) in [5.41, 5.74) is 7.31. The number of nitrogens with zero attached hydrogens (tertiary/aromatic N) is 7. The van der Waals surface area contributed by atoms with Gasteiger partial charge in [0.2, 0.25) is 0 Å². The Kier molecular flexibility index (Phi) is 3.17. The van der Waals surface area contributed by atoms with Gasteiger partial charge < -0.3 is 0 Å². The van der Waals surface area contributed by atoms with Crippen LogP contribution in [-0.4, -0.2) is 24.7 Å². The van der Waals surface area contributed by atoms with Crippen molar-refractivity contribution in [1.82, 2.24) is 24.7 Å². The first-order valence-corrected chi connectivity index (χ1v) is 8.74. The van der Waals surface area contributed by atoms with Crippen LogP contribution >= 0.6 is 11.3 Å². The Labute approximate surface area is 147 Å². The number of aryl methyl sites for hydroxylation is 1. The van der Waals surface area contributed by atoms with Crippen LogP contribution < -0.4 is 0 Å². The zero-order chi connectivity index (χ0) is 16.8. The van der Waals surface area contributed by atoms with Gasteiger partial charge in [0.15, 0.2) is 0 Å². The van der Waals surface area contributed by atoms with E-state index >= 15 is 0 Å². The highest BCUT2D eigenvalue weighted by Gasteiger charge is 2.24. The monoisotopic (exact) mass is 347 g/mol. The molecule has 0 aromatic carbocycles. The third kappa shape index (κ3) is 2.51. The van der Waals surface area contributed by atoms with E-state index in [9.17, 15) is 0 Å². The van der Waals surface area contributed by atoms with Gasteiger partial charge in [-0.05, 0) is 24.3 Å². The van der Waals surface area contributed by atoms with Gasteiger partial charge in [-0.1, -0.05) is 0 Å². The Morgan fingerprint density at radius 3 is 3.00 bits per heavy atom. The van der Waals surface area contributed by atoms with Crippen LogP contribution in [0.4, 0.5) is 5.69 Å². The summed E-state index contributed by atoms with van der Waals surface area (Å²) >= 11 is 1.55. The Morgan fingerprint density at radius 1 is 1.16 bits per heavy atom. The van der Waals surface area contributed by atoms with Crippen molar-refractivity contribution in [2.75, 3.05) is 0 Å². The molecule has 0 aliphatic carbocycles. The fraction of sp³-hybridized carbons (Fsp3) is 0.176. The minimum atomic E-state index is -0.107. The normalized spacial score (nSPS) is 15.8. The number of hydrogen-bond donors (Lipinski definition) is 0. The van der Waals surface area contributed by atoms with Gasteiger partial charge in [-0.15, -0.1) is 11.3 Å². The molecule has 0 saturated heterocycles. The van der Waals surface area contributed by atoms with Crippen LogP contribution in [0.3, 0.4) is 0 Å². The molecule has 1 aliphatic heterocycles. The van der Waals surface area contributed by atoms with Crippen molar-refractivity contribution in [3.8, 4) is 11.3 Å². The van der Waals surface area contributed by atoms with Crippen LogP contribution in [0.5, 0.6) is 0 Å². The molecule has 4 aromatic rings. The van der Waals surface area contributed by atoms with Crippen LogP contribution in [0.2, 0.25) is 0 Å².